The van der Waals surface area contributed by atoms with E-state index in [2.05, 4.69) is 50.1 Å². The molecule has 0 spiro atoms. The van der Waals surface area contributed by atoms with Crippen LogP contribution in [0.3, 0.4) is 0 Å². The third kappa shape index (κ3) is 2.98. The Hall–Kier alpha value is -1.77. The first kappa shape index (κ1) is 13.7. The van der Waals surface area contributed by atoms with Gasteiger partial charge in [-0.2, -0.15) is 5.10 Å². The van der Waals surface area contributed by atoms with E-state index >= 15 is 0 Å². The summed E-state index contributed by atoms with van der Waals surface area (Å²) in [5.41, 5.74) is 11.1. The van der Waals surface area contributed by atoms with Crippen LogP contribution in [0.5, 0.6) is 0 Å². The molecule has 1 aromatic heterocycles. The summed E-state index contributed by atoms with van der Waals surface area (Å²) in [6.07, 6.45) is 1.96. The van der Waals surface area contributed by atoms with Crippen LogP contribution in [-0.2, 0) is 19.9 Å². The smallest absolute Gasteiger partial charge is 0.125 e. The van der Waals surface area contributed by atoms with Gasteiger partial charge in [-0.1, -0.05) is 43.7 Å². The molecule has 0 aliphatic rings. The van der Waals surface area contributed by atoms with Crippen LogP contribution in [0.15, 0.2) is 24.3 Å². The number of rotatable bonds is 4. The highest BCUT2D eigenvalue weighted by molar-refractivity contribution is 5.45. The number of aryl methyl sites for hydroxylation is 4. The van der Waals surface area contributed by atoms with Crippen LogP contribution in [-0.4, -0.2) is 9.78 Å². The fraction of sp³-hybridized carbons (Fsp3) is 0.438. The average molecular weight is 257 g/mol. The molecule has 0 amide bonds. The fourth-order valence-corrected chi connectivity index (χ4v) is 2.44. The molecule has 0 saturated heterocycles. The molecule has 102 valence electrons. The Labute approximate surface area is 115 Å². The van der Waals surface area contributed by atoms with Crippen molar-refractivity contribution < 1.29 is 0 Å². The minimum absolute atomic E-state index is 0.418. The zero-order chi connectivity index (χ0) is 14.0. The molecule has 1 heterocycles. The summed E-state index contributed by atoms with van der Waals surface area (Å²) in [5, 5.41) is 4.56. The minimum atomic E-state index is 0.418. The van der Waals surface area contributed by atoms with Crippen LogP contribution < -0.4 is 5.73 Å². The van der Waals surface area contributed by atoms with Gasteiger partial charge >= 0.3 is 0 Å². The Bertz CT molecular complexity index is 550. The zero-order valence-electron chi connectivity index (χ0n) is 12.3. The molecule has 0 atom stereocenters. The average Bonchev–Trinajstić information content (AvgIpc) is 2.64. The topological polar surface area (TPSA) is 43.8 Å². The summed E-state index contributed by atoms with van der Waals surface area (Å²) in [4.78, 5) is 0. The number of hydrogen-bond donors (Lipinski definition) is 1. The molecule has 2 aromatic rings. The van der Waals surface area contributed by atoms with E-state index in [4.69, 9.17) is 5.73 Å². The molecule has 0 saturated carbocycles. The molecule has 0 bridgehead atoms. The van der Waals surface area contributed by atoms with Crippen LogP contribution in [0.2, 0.25) is 0 Å². The largest absolute Gasteiger partial charge is 0.384 e. The Balaban J connectivity index is 2.15. The predicted octanol–water partition coefficient (Wildman–Crippen LogP) is 3.22. The number of nitrogen functional groups attached to an aromatic ring is 1. The maximum absolute atomic E-state index is 6.09. The van der Waals surface area contributed by atoms with Crippen LogP contribution in [0, 0.1) is 6.92 Å². The van der Waals surface area contributed by atoms with E-state index in [1.165, 1.54) is 16.7 Å². The van der Waals surface area contributed by atoms with Gasteiger partial charge in [0.05, 0.1) is 5.69 Å². The zero-order valence-corrected chi connectivity index (χ0v) is 12.3. The first-order chi connectivity index (χ1) is 8.99. The van der Waals surface area contributed by atoms with Crippen molar-refractivity contribution in [3.63, 3.8) is 0 Å². The van der Waals surface area contributed by atoms with Gasteiger partial charge in [0.15, 0.2) is 0 Å². The third-order valence-corrected chi connectivity index (χ3v) is 3.55. The third-order valence-electron chi connectivity index (χ3n) is 3.55. The normalized spacial score (nSPS) is 11.2. The molecule has 1 aromatic carbocycles. The molecular formula is C16H23N3. The number of benzene rings is 1. The van der Waals surface area contributed by atoms with Gasteiger partial charge in [-0.3, -0.25) is 4.68 Å². The van der Waals surface area contributed by atoms with Gasteiger partial charge in [-0.15, -0.1) is 0 Å². The Morgan fingerprint density at radius 3 is 2.37 bits per heavy atom. The maximum Gasteiger partial charge on any atom is 0.125 e. The van der Waals surface area contributed by atoms with E-state index in [-0.39, 0.29) is 0 Å². The SMILES string of the molecule is Cc1ccc(CCc2nn(C)c(N)c2C(C)C)cc1. The second-order valence-electron chi connectivity index (χ2n) is 5.51. The van der Waals surface area contributed by atoms with Crippen LogP contribution in [0.25, 0.3) is 0 Å². The summed E-state index contributed by atoms with van der Waals surface area (Å²) in [5.74, 6) is 1.22. The molecule has 3 nitrogen and oxygen atoms in total. The summed E-state index contributed by atoms with van der Waals surface area (Å²) in [7, 11) is 1.91. The molecule has 0 aliphatic carbocycles. The highest BCUT2D eigenvalue weighted by Crippen LogP contribution is 2.26. The molecule has 2 N–H and O–H groups in total. The van der Waals surface area contributed by atoms with Gasteiger partial charge < -0.3 is 5.73 Å². The molecule has 0 aliphatic heterocycles. The number of nitrogens with zero attached hydrogens (tertiary/aromatic N) is 2. The quantitative estimate of drug-likeness (QED) is 0.914. The molecule has 0 unspecified atom stereocenters. The molecule has 0 radical (unpaired) electrons. The lowest BCUT2D eigenvalue weighted by atomic mass is 9.98. The number of aromatic nitrogens is 2. The van der Waals surface area contributed by atoms with Crippen LogP contribution >= 0.6 is 0 Å². The lowest BCUT2D eigenvalue weighted by Crippen LogP contribution is -2.00. The minimum Gasteiger partial charge on any atom is -0.384 e. The fourth-order valence-electron chi connectivity index (χ4n) is 2.44. The van der Waals surface area contributed by atoms with E-state index in [9.17, 15) is 0 Å². The van der Waals surface area contributed by atoms with E-state index in [0.29, 0.717) is 5.92 Å². The van der Waals surface area contributed by atoms with Crippen molar-refractivity contribution in [2.24, 2.45) is 7.05 Å². The van der Waals surface area contributed by atoms with E-state index in [0.717, 1.165) is 24.4 Å². The van der Waals surface area contributed by atoms with Crippen molar-refractivity contribution in [2.75, 3.05) is 5.73 Å². The standard InChI is InChI=1S/C16H23N3/c1-11(2)15-14(18-19(4)16(15)17)10-9-13-7-5-12(3)6-8-13/h5-8,11H,9-10,17H2,1-4H3. The highest BCUT2D eigenvalue weighted by atomic mass is 15.3. The van der Waals surface area contributed by atoms with Crippen molar-refractivity contribution >= 4 is 5.82 Å². The number of nitrogens with two attached hydrogens (primary N) is 1. The Morgan fingerprint density at radius 1 is 1.16 bits per heavy atom. The predicted molar refractivity (Wildman–Crippen MR) is 80.3 cm³/mol. The second kappa shape index (κ2) is 5.47. The van der Waals surface area contributed by atoms with E-state index < -0.39 is 0 Å². The van der Waals surface area contributed by atoms with Crippen molar-refractivity contribution in [3.05, 3.63) is 46.6 Å². The van der Waals surface area contributed by atoms with Gasteiger partial charge in [-0.25, -0.2) is 0 Å². The molecule has 19 heavy (non-hydrogen) atoms. The molecule has 3 heteroatoms. The Kier molecular flexibility index (Phi) is 3.93. The van der Waals surface area contributed by atoms with Gasteiger partial charge in [0.25, 0.3) is 0 Å². The van der Waals surface area contributed by atoms with Crippen LogP contribution in [0.4, 0.5) is 5.82 Å². The van der Waals surface area contributed by atoms with Crippen LogP contribution in [0.1, 0.15) is 42.1 Å². The van der Waals surface area contributed by atoms with Gasteiger partial charge in [0, 0.05) is 12.6 Å². The summed E-state index contributed by atoms with van der Waals surface area (Å²) in [6.45, 7) is 6.45. The summed E-state index contributed by atoms with van der Waals surface area (Å²) in [6, 6.07) is 8.70. The lowest BCUT2D eigenvalue weighted by molar-refractivity contribution is 0.744. The van der Waals surface area contributed by atoms with E-state index in [1.54, 1.807) is 4.68 Å². The van der Waals surface area contributed by atoms with Crippen molar-refractivity contribution in [1.29, 1.82) is 0 Å². The second-order valence-corrected chi connectivity index (χ2v) is 5.51. The maximum atomic E-state index is 6.09. The number of anilines is 1. The van der Waals surface area contributed by atoms with Crippen molar-refractivity contribution in [2.45, 2.75) is 39.5 Å². The monoisotopic (exact) mass is 257 g/mol. The lowest BCUT2D eigenvalue weighted by Gasteiger charge is -2.07. The van der Waals surface area contributed by atoms with Crippen molar-refractivity contribution in [1.82, 2.24) is 9.78 Å². The van der Waals surface area contributed by atoms with Gasteiger partial charge in [0.1, 0.15) is 5.82 Å². The van der Waals surface area contributed by atoms with Gasteiger partial charge in [-0.05, 0) is 31.2 Å². The first-order valence-corrected chi connectivity index (χ1v) is 6.85. The molecule has 2 rings (SSSR count). The number of hydrogen-bond acceptors (Lipinski definition) is 2. The Morgan fingerprint density at radius 2 is 1.79 bits per heavy atom. The molecule has 0 fully saturated rings. The first-order valence-electron chi connectivity index (χ1n) is 6.85. The van der Waals surface area contributed by atoms with Gasteiger partial charge in [0.2, 0.25) is 0 Å². The highest BCUT2D eigenvalue weighted by Gasteiger charge is 2.16. The van der Waals surface area contributed by atoms with E-state index in [1.807, 2.05) is 7.05 Å². The molecular weight excluding hydrogens is 234 g/mol. The summed E-state index contributed by atoms with van der Waals surface area (Å²) >= 11 is 0. The summed E-state index contributed by atoms with van der Waals surface area (Å²) < 4.78 is 1.79. The van der Waals surface area contributed by atoms with Crippen molar-refractivity contribution in [3.8, 4) is 0 Å².